The summed E-state index contributed by atoms with van der Waals surface area (Å²) in [5, 5.41) is 9.44. The summed E-state index contributed by atoms with van der Waals surface area (Å²) in [5.74, 6) is 0.499. The number of halogens is 4. The summed E-state index contributed by atoms with van der Waals surface area (Å²) in [6.45, 7) is 6.40. The number of carbonyl (C=O) groups is 1. The average molecular weight is 550 g/mol. The van der Waals surface area contributed by atoms with Crippen molar-refractivity contribution in [2.24, 2.45) is 0 Å². The molecular formula is C26H24Cl4N4O. The van der Waals surface area contributed by atoms with Crippen molar-refractivity contribution in [3.05, 3.63) is 96.8 Å². The first-order valence-electron chi connectivity index (χ1n) is 11.2. The number of nitrogens with zero attached hydrogens (tertiary/aromatic N) is 3. The first kappa shape index (κ1) is 25.6. The Balaban J connectivity index is 1.80. The van der Waals surface area contributed by atoms with E-state index in [1.807, 2.05) is 19.1 Å². The highest BCUT2D eigenvalue weighted by Crippen LogP contribution is 2.30. The number of aromatic nitrogens is 3. The van der Waals surface area contributed by atoms with E-state index in [9.17, 15) is 4.79 Å². The maximum absolute atomic E-state index is 13.3. The topological polar surface area (TPSA) is 51.9 Å². The van der Waals surface area contributed by atoms with E-state index in [1.165, 1.54) is 0 Å². The molecule has 0 radical (unpaired) electrons. The molecule has 1 amide bonds. The maximum atomic E-state index is 13.3. The molecule has 0 unspecified atom stereocenters. The van der Waals surface area contributed by atoms with Crippen molar-refractivity contribution in [3.63, 3.8) is 0 Å². The van der Waals surface area contributed by atoms with Crippen molar-refractivity contribution < 1.29 is 4.79 Å². The van der Waals surface area contributed by atoms with Crippen LogP contribution in [0, 0.1) is 6.92 Å². The first-order valence-corrected chi connectivity index (χ1v) is 12.7. The summed E-state index contributed by atoms with van der Waals surface area (Å²) in [4.78, 5) is 13.3. The Morgan fingerprint density at radius 2 is 1.46 bits per heavy atom. The molecule has 4 aromatic rings. The number of hydrogen-bond acceptors (Lipinski definition) is 2. The predicted molar refractivity (Wildman–Crippen MR) is 144 cm³/mol. The normalized spacial score (nSPS) is 11.2. The lowest BCUT2D eigenvalue weighted by molar-refractivity contribution is 0.0945. The number of carbonyl (C=O) groups excluding carboxylic acids is 1. The SMILES string of the molecule is CCc1ccc(CC)n1-c1c(C)c(C(=O)NCc2ccc(Cl)c(Cl)c2)nn1-c1ccc(Cl)c(Cl)c1. The Morgan fingerprint density at radius 1 is 0.857 bits per heavy atom. The molecule has 0 atom stereocenters. The number of aryl methyl sites for hydroxylation is 2. The molecule has 5 nitrogen and oxygen atoms in total. The Labute approximate surface area is 224 Å². The number of benzene rings is 2. The maximum Gasteiger partial charge on any atom is 0.272 e. The predicted octanol–water partition coefficient (Wildman–Crippen LogP) is 7.64. The molecule has 2 heterocycles. The van der Waals surface area contributed by atoms with Gasteiger partial charge in [0.15, 0.2) is 5.69 Å². The Bertz CT molecular complexity index is 1390. The third kappa shape index (κ3) is 5.10. The minimum Gasteiger partial charge on any atom is -0.347 e. The van der Waals surface area contributed by atoms with Crippen LogP contribution < -0.4 is 5.32 Å². The lowest BCUT2D eigenvalue weighted by Crippen LogP contribution is -2.24. The van der Waals surface area contributed by atoms with Crippen LogP contribution in [0.5, 0.6) is 0 Å². The van der Waals surface area contributed by atoms with Crippen LogP contribution in [-0.4, -0.2) is 20.3 Å². The van der Waals surface area contributed by atoms with E-state index in [1.54, 1.807) is 28.9 Å². The van der Waals surface area contributed by atoms with Gasteiger partial charge in [0, 0.05) is 23.5 Å². The lowest BCUT2D eigenvalue weighted by atomic mass is 10.2. The fourth-order valence-electron chi connectivity index (χ4n) is 4.03. The quantitative estimate of drug-likeness (QED) is 0.257. The van der Waals surface area contributed by atoms with E-state index in [0.29, 0.717) is 31.5 Å². The fraction of sp³-hybridized carbons (Fsp3) is 0.231. The van der Waals surface area contributed by atoms with E-state index in [4.69, 9.17) is 51.5 Å². The summed E-state index contributed by atoms with van der Waals surface area (Å²) in [5.41, 5.74) is 4.86. The second kappa shape index (κ2) is 10.7. The van der Waals surface area contributed by atoms with Crippen molar-refractivity contribution in [2.75, 3.05) is 0 Å². The van der Waals surface area contributed by atoms with Gasteiger partial charge < -0.3 is 9.88 Å². The molecule has 35 heavy (non-hydrogen) atoms. The third-order valence-corrected chi connectivity index (χ3v) is 7.35. The molecule has 182 valence electrons. The highest BCUT2D eigenvalue weighted by Gasteiger charge is 2.24. The van der Waals surface area contributed by atoms with Crippen molar-refractivity contribution >= 4 is 52.3 Å². The monoisotopic (exact) mass is 548 g/mol. The van der Waals surface area contributed by atoms with Gasteiger partial charge in [-0.25, -0.2) is 4.68 Å². The molecule has 0 aliphatic carbocycles. The van der Waals surface area contributed by atoms with Gasteiger partial charge in [0.05, 0.1) is 25.8 Å². The fourth-order valence-corrected chi connectivity index (χ4v) is 4.64. The van der Waals surface area contributed by atoms with E-state index < -0.39 is 0 Å². The summed E-state index contributed by atoms with van der Waals surface area (Å²) in [7, 11) is 0. The van der Waals surface area contributed by atoms with Crippen LogP contribution in [0.2, 0.25) is 20.1 Å². The van der Waals surface area contributed by atoms with Gasteiger partial charge in [0.2, 0.25) is 0 Å². The Morgan fingerprint density at radius 3 is 2.03 bits per heavy atom. The molecule has 0 bridgehead atoms. The summed E-state index contributed by atoms with van der Waals surface area (Å²) in [6.07, 6.45) is 1.65. The highest BCUT2D eigenvalue weighted by molar-refractivity contribution is 6.42. The van der Waals surface area contributed by atoms with Gasteiger partial charge in [0.25, 0.3) is 5.91 Å². The molecular weight excluding hydrogens is 526 g/mol. The molecule has 0 saturated carbocycles. The van der Waals surface area contributed by atoms with E-state index in [2.05, 4.69) is 35.9 Å². The van der Waals surface area contributed by atoms with Crippen LogP contribution in [0.3, 0.4) is 0 Å². The summed E-state index contributed by atoms with van der Waals surface area (Å²) in [6, 6.07) is 14.8. The van der Waals surface area contributed by atoms with Gasteiger partial charge in [-0.05, 0) is 67.8 Å². The molecule has 0 saturated heterocycles. The summed E-state index contributed by atoms with van der Waals surface area (Å²) < 4.78 is 3.92. The summed E-state index contributed by atoms with van der Waals surface area (Å²) >= 11 is 24.6. The van der Waals surface area contributed by atoms with Gasteiger partial charge in [-0.2, -0.15) is 5.10 Å². The third-order valence-electron chi connectivity index (χ3n) is 5.87. The van der Waals surface area contributed by atoms with Crippen molar-refractivity contribution in [1.29, 1.82) is 0 Å². The van der Waals surface area contributed by atoms with Gasteiger partial charge in [-0.3, -0.25) is 4.79 Å². The zero-order valence-corrected chi connectivity index (χ0v) is 22.5. The van der Waals surface area contributed by atoms with E-state index in [0.717, 1.165) is 41.2 Å². The largest absolute Gasteiger partial charge is 0.347 e. The van der Waals surface area contributed by atoms with Crippen LogP contribution in [0.15, 0.2) is 48.5 Å². The standard InChI is InChI=1S/C26H24Cl4N4O/c1-4-17-7-8-18(5-2)33(17)26-15(3)24(32-34(26)19-9-11-21(28)23(30)13-19)25(35)31-14-16-6-10-20(27)22(29)12-16/h6-13H,4-5,14H2,1-3H3,(H,31,35). The minimum atomic E-state index is -0.295. The molecule has 0 spiro atoms. The minimum absolute atomic E-state index is 0.286. The van der Waals surface area contributed by atoms with Crippen molar-refractivity contribution in [1.82, 2.24) is 19.7 Å². The van der Waals surface area contributed by atoms with Crippen LogP contribution >= 0.6 is 46.4 Å². The average Bonchev–Trinajstić information content (AvgIpc) is 3.41. The van der Waals surface area contributed by atoms with Crippen molar-refractivity contribution in [3.8, 4) is 11.5 Å². The van der Waals surface area contributed by atoms with Gasteiger partial charge in [-0.1, -0.05) is 66.3 Å². The molecule has 2 aromatic heterocycles. The smallest absolute Gasteiger partial charge is 0.272 e. The lowest BCUT2D eigenvalue weighted by Gasteiger charge is -2.16. The number of hydrogen-bond donors (Lipinski definition) is 1. The van der Waals surface area contributed by atoms with Crippen LogP contribution in [0.1, 0.15) is 46.9 Å². The number of rotatable bonds is 7. The highest BCUT2D eigenvalue weighted by atomic mass is 35.5. The van der Waals surface area contributed by atoms with Crippen LogP contribution in [0.25, 0.3) is 11.5 Å². The molecule has 1 N–H and O–H groups in total. The number of amides is 1. The zero-order chi connectivity index (χ0) is 25.3. The molecule has 0 aliphatic heterocycles. The van der Waals surface area contributed by atoms with Crippen LogP contribution in [-0.2, 0) is 19.4 Å². The molecule has 2 aromatic carbocycles. The van der Waals surface area contributed by atoms with E-state index in [-0.39, 0.29) is 12.5 Å². The Hall–Kier alpha value is -2.44. The van der Waals surface area contributed by atoms with Gasteiger partial charge in [0.1, 0.15) is 5.82 Å². The first-order chi connectivity index (χ1) is 16.7. The van der Waals surface area contributed by atoms with Crippen molar-refractivity contribution in [2.45, 2.75) is 40.2 Å². The molecule has 0 aliphatic rings. The second-order valence-electron chi connectivity index (χ2n) is 8.10. The van der Waals surface area contributed by atoms with Gasteiger partial charge >= 0.3 is 0 Å². The van der Waals surface area contributed by atoms with Crippen LogP contribution in [0.4, 0.5) is 0 Å². The number of nitrogens with one attached hydrogen (secondary N) is 1. The zero-order valence-electron chi connectivity index (χ0n) is 19.5. The van der Waals surface area contributed by atoms with Gasteiger partial charge in [-0.15, -0.1) is 0 Å². The molecule has 0 fully saturated rings. The van der Waals surface area contributed by atoms with E-state index >= 15 is 0 Å². The molecule has 9 heteroatoms. The second-order valence-corrected chi connectivity index (χ2v) is 9.73. The Kier molecular flexibility index (Phi) is 7.82. The molecule has 4 rings (SSSR count).